The molecular weight excluding hydrogens is 444 g/mol. The van der Waals surface area contributed by atoms with Gasteiger partial charge in [0.25, 0.3) is 11.1 Å². The summed E-state index contributed by atoms with van der Waals surface area (Å²) < 4.78 is 21.9. The third kappa shape index (κ3) is 5.31. The van der Waals surface area contributed by atoms with Crippen LogP contribution >= 0.6 is 23.4 Å². The zero-order chi connectivity index (χ0) is 22.4. The molecule has 162 valence electrons. The first-order valence-electron chi connectivity index (χ1n) is 9.06. The van der Waals surface area contributed by atoms with E-state index in [4.69, 9.17) is 30.2 Å². The summed E-state index contributed by atoms with van der Waals surface area (Å²) in [5.41, 5.74) is 1.05. The second-order valence-electron chi connectivity index (χ2n) is 5.95. The molecule has 1 N–H and O–H groups in total. The Hall–Kier alpha value is -3.17. The van der Waals surface area contributed by atoms with E-state index in [1.165, 1.54) is 20.3 Å². The molecule has 0 spiro atoms. The standard InChI is InChI=1S/C21H19ClN2O6S/c1-4-29-18-12(6-5-7-16(18)28-3)10-17(20(25)26)31-21-24-23-19(30-21)14-11-13(22)8-9-15(14)27-2/h5-11H,4H2,1-3H3,(H,25,26)/b17-10-. The summed E-state index contributed by atoms with van der Waals surface area (Å²) in [7, 11) is 3.02. The maximum absolute atomic E-state index is 11.9. The number of halogens is 1. The maximum atomic E-state index is 11.9. The van der Waals surface area contributed by atoms with Gasteiger partial charge < -0.3 is 23.7 Å². The molecule has 8 nitrogen and oxygen atoms in total. The molecule has 1 heterocycles. The number of carboxylic acids is 1. The molecule has 0 amide bonds. The van der Waals surface area contributed by atoms with Crippen LogP contribution in [0.4, 0.5) is 0 Å². The Morgan fingerprint density at radius 2 is 1.97 bits per heavy atom. The maximum Gasteiger partial charge on any atom is 0.342 e. The summed E-state index contributed by atoms with van der Waals surface area (Å²) in [6.45, 7) is 2.22. The minimum absolute atomic E-state index is 0.0394. The second kappa shape index (κ2) is 10.2. The first-order valence-corrected chi connectivity index (χ1v) is 10.3. The van der Waals surface area contributed by atoms with E-state index in [1.807, 2.05) is 6.92 Å². The van der Waals surface area contributed by atoms with Crippen LogP contribution in [0.2, 0.25) is 5.02 Å². The molecule has 0 aliphatic heterocycles. The highest BCUT2D eigenvalue weighted by Crippen LogP contribution is 2.37. The summed E-state index contributed by atoms with van der Waals surface area (Å²) in [5.74, 6) is 0.440. The van der Waals surface area contributed by atoms with Gasteiger partial charge in [-0.25, -0.2) is 4.79 Å². The van der Waals surface area contributed by atoms with Gasteiger partial charge in [0.05, 0.1) is 26.4 Å². The molecule has 3 aromatic rings. The number of carboxylic acid groups (broad SMARTS) is 1. The minimum Gasteiger partial charge on any atom is -0.496 e. The van der Waals surface area contributed by atoms with Crippen LogP contribution in [0.5, 0.6) is 17.2 Å². The first-order chi connectivity index (χ1) is 15.0. The van der Waals surface area contributed by atoms with Crippen molar-refractivity contribution in [1.82, 2.24) is 10.2 Å². The third-order valence-electron chi connectivity index (χ3n) is 4.01. The number of para-hydroxylation sites is 1. The van der Waals surface area contributed by atoms with Crippen molar-refractivity contribution in [3.8, 4) is 28.7 Å². The normalized spacial score (nSPS) is 11.3. The summed E-state index contributed by atoms with van der Waals surface area (Å²) in [4.78, 5) is 11.8. The van der Waals surface area contributed by atoms with Gasteiger partial charge in [-0.2, -0.15) is 0 Å². The van der Waals surface area contributed by atoms with Crippen LogP contribution in [0.1, 0.15) is 12.5 Å². The second-order valence-corrected chi connectivity index (χ2v) is 7.37. The van der Waals surface area contributed by atoms with Gasteiger partial charge in [-0.1, -0.05) is 23.7 Å². The third-order valence-corrected chi connectivity index (χ3v) is 5.10. The molecule has 0 aliphatic carbocycles. The molecule has 10 heteroatoms. The van der Waals surface area contributed by atoms with Gasteiger partial charge in [0.2, 0.25) is 0 Å². The van der Waals surface area contributed by atoms with Crippen LogP contribution in [-0.4, -0.2) is 42.1 Å². The summed E-state index contributed by atoms with van der Waals surface area (Å²) in [5, 5.41) is 18.1. The van der Waals surface area contributed by atoms with Crippen LogP contribution < -0.4 is 14.2 Å². The Morgan fingerprint density at radius 3 is 2.65 bits per heavy atom. The number of aliphatic carboxylic acids is 1. The van der Waals surface area contributed by atoms with Crippen LogP contribution in [-0.2, 0) is 4.79 Å². The number of nitrogens with zero attached hydrogens (tertiary/aromatic N) is 2. The SMILES string of the molecule is CCOc1c(/C=C(\Sc2nnc(-c3cc(Cl)ccc3OC)o2)C(=O)O)cccc1OC. The van der Waals surface area contributed by atoms with Crippen molar-refractivity contribution in [2.75, 3.05) is 20.8 Å². The topological polar surface area (TPSA) is 104 Å². The van der Waals surface area contributed by atoms with Gasteiger partial charge in [-0.05, 0) is 49.0 Å². The number of benzene rings is 2. The molecule has 0 aliphatic rings. The molecule has 0 saturated carbocycles. The van der Waals surface area contributed by atoms with Crippen molar-refractivity contribution in [1.29, 1.82) is 0 Å². The van der Waals surface area contributed by atoms with Gasteiger partial charge in [-0.3, -0.25) is 0 Å². The molecule has 0 fully saturated rings. The van der Waals surface area contributed by atoms with Crippen LogP contribution in [0.3, 0.4) is 0 Å². The van der Waals surface area contributed by atoms with Gasteiger partial charge in [-0.15, -0.1) is 10.2 Å². The average molecular weight is 463 g/mol. The fourth-order valence-corrected chi connectivity index (χ4v) is 3.52. The predicted octanol–water partition coefficient (Wildman–Crippen LogP) is 5.02. The molecule has 1 aromatic heterocycles. The van der Waals surface area contributed by atoms with Crippen LogP contribution in [0.25, 0.3) is 17.5 Å². The number of aromatic nitrogens is 2. The molecule has 2 aromatic carbocycles. The lowest BCUT2D eigenvalue weighted by Crippen LogP contribution is -2.00. The highest BCUT2D eigenvalue weighted by molar-refractivity contribution is 8.03. The van der Waals surface area contributed by atoms with E-state index in [-0.39, 0.29) is 16.0 Å². The molecular formula is C21H19ClN2O6S. The smallest absolute Gasteiger partial charge is 0.342 e. The molecule has 0 bridgehead atoms. The van der Waals surface area contributed by atoms with Gasteiger partial charge in [0.15, 0.2) is 11.5 Å². The minimum atomic E-state index is -1.16. The highest BCUT2D eigenvalue weighted by Gasteiger charge is 2.19. The van der Waals surface area contributed by atoms with E-state index >= 15 is 0 Å². The van der Waals surface area contributed by atoms with E-state index in [1.54, 1.807) is 36.4 Å². The van der Waals surface area contributed by atoms with Crippen LogP contribution in [0, 0.1) is 0 Å². The number of methoxy groups -OCH3 is 2. The van der Waals surface area contributed by atoms with Gasteiger partial charge in [0.1, 0.15) is 10.7 Å². The average Bonchev–Trinajstić information content (AvgIpc) is 3.22. The molecule has 0 saturated heterocycles. The van der Waals surface area contributed by atoms with E-state index in [0.717, 1.165) is 11.8 Å². The monoisotopic (exact) mass is 462 g/mol. The Labute approximate surface area is 187 Å². The Kier molecular flexibility index (Phi) is 7.43. The summed E-state index contributed by atoms with van der Waals surface area (Å²) in [6, 6.07) is 10.2. The highest BCUT2D eigenvalue weighted by atomic mass is 35.5. The summed E-state index contributed by atoms with van der Waals surface area (Å²) >= 11 is 6.87. The number of hydrogen-bond acceptors (Lipinski definition) is 8. The number of hydrogen-bond donors (Lipinski definition) is 1. The molecule has 0 unspecified atom stereocenters. The quantitative estimate of drug-likeness (QED) is 0.346. The fourth-order valence-electron chi connectivity index (χ4n) is 2.68. The van der Waals surface area contributed by atoms with E-state index in [9.17, 15) is 9.90 Å². The van der Waals surface area contributed by atoms with E-state index in [0.29, 0.717) is 40.0 Å². The Balaban J connectivity index is 1.94. The fraction of sp³-hybridized carbons (Fsp3) is 0.190. The lowest BCUT2D eigenvalue weighted by Gasteiger charge is -2.12. The van der Waals surface area contributed by atoms with E-state index < -0.39 is 5.97 Å². The predicted molar refractivity (Wildman–Crippen MR) is 117 cm³/mol. The Bertz CT molecular complexity index is 1110. The zero-order valence-electron chi connectivity index (χ0n) is 16.9. The largest absolute Gasteiger partial charge is 0.496 e. The van der Waals surface area contributed by atoms with Crippen molar-refractivity contribution in [3.05, 3.63) is 51.9 Å². The molecule has 0 atom stereocenters. The molecule has 0 radical (unpaired) electrons. The first kappa shape index (κ1) is 22.5. The molecule has 3 rings (SSSR count). The van der Waals surface area contributed by atoms with Gasteiger partial charge in [0, 0.05) is 10.6 Å². The number of carbonyl (C=O) groups is 1. The number of ether oxygens (including phenoxy) is 3. The number of thioether (sulfide) groups is 1. The lowest BCUT2D eigenvalue weighted by atomic mass is 10.1. The molecule has 31 heavy (non-hydrogen) atoms. The lowest BCUT2D eigenvalue weighted by molar-refractivity contribution is -0.131. The van der Waals surface area contributed by atoms with Gasteiger partial charge >= 0.3 is 5.97 Å². The van der Waals surface area contributed by atoms with Crippen molar-refractivity contribution >= 4 is 35.4 Å². The number of rotatable bonds is 9. The Morgan fingerprint density at radius 1 is 1.19 bits per heavy atom. The van der Waals surface area contributed by atoms with Crippen molar-refractivity contribution in [2.45, 2.75) is 12.1 Å². The summed E-state index contributed by atoms with van der Waals surface area (Å²) in [6.07, 6.45) is 1.46. The zero-order valence-corrected chi connectivity index (χ0v) is 18.5. The van der Waals surface area contributed by atoms with E-state index in [2.05, 4.69) is 10.2 Å². The van der Waals surface area contributed by atoms with Crippen molar-refractivity contribution < 1.29 is 28.5 Å². The van der Waals surface area contributed by atoms with Crippen molar-refractivity contribution in [2.24, 2.45) is 0 Å². The van der Waals surface area contributed by atoms with Crippen molar-refractivity contribution in [3.63, 3.8) is 0 Å². The van der Waals surface area contributed by atoms with Crippen LogP contribution in [0.15, 0.2) is 50.9 Å².